The van der Waals surface area contributed by atoms with E-state index in [1.54, 1.807) is 22.9 Å². The highest BCUT2D eigenvalue weighted by atomic mass is 79.9. The Hall–Kier alpha value is -0.810. The second kappa shape index (κ2) is 4.37. The minimum atomic E-state index is -0.0648. The van der Waals surface area contributed by atoms with Gasteiger partial charge >= 0.3 is 0 Å². The molecule has 0 aliphatic carbocycles. The van der Waals surface area contributed by atoms with Crippen LogP contribution in [0.25, 0.3) is 0 Å². The van der Waals surface area contributed by atoms with Crippen LogP contribution in [0, 0.1) is 0 Å². The van der Waals surface area contributed by atoms with E-state index in [0.29, 0.717) is 15.7 Å². The molecule has 0 spiro atoms. The van der Waals surface area contributed by atoms with Gasteiger partial charge in [-0.1, -0.05) is 0 Å². The van der Waals surface area contributed by atoms with Crippen molar-refractivity contribution < 1.29 is 4.42 Å². The summed E-state index contributed by atoms with van der Waals surface area (Å²) in [5.41, 5.74) is -0.0648. The van der Waals surface area contributed by atoms with Gasteiger partial charge in [0.05, 0.1) is 11.0 Å². The summed E-state index contributed by atoms with van der Waals surface area (Å²) in [6.07, 6.45) is 1.73. The van der Waals surface area contributed by atoms with E-state index in [1.807, 2.05) is 12.1 Å². The zero-order valence-electron chi connectivity index (χ0n) is 7.61. The normalized spacial score (nSPS) is 10.5. The van der Waals surface area contributed by atoms with Crippen molar-refractivity contribution in [2.45, 2.75) is 6.54 Å². The molecule has 2 aromatic heterocycles. The minimum Gasteiger partial charge on any atom is -0.452 e. The summed E-state index contributed by atoms with van der Waals surface area (Å²) in [6, 6.07) is 7.16. The lowest BCUT2D eigenvalue weighted by molar-refractivity contribution is 0.470. The van der Waals surface area contributed by atoms with Crippen molar-refractivity contribution in [3.05, 3.63) is 55.7 Å². The first-order valence-electron chi connectivity index (χ1n) is 4.26. The third-order valence-corrected chi connectivity index (χ3v) is 2.96. The second-order valence-electron chi connectivity index (χ2n) is 2.99. The number of furan rings is 1. The molecule has 15 heavy (non-hydrogen) atoms. The van der Waals surface area contributed by atoms with Crippen LogP contribution in [0.15, 0.2) is 48.8 Å². The molecule has 0 bridgehead atoms. The topological polar surface area (TPSA) is 35.1 Å². The Kier molecular flexibility index (Phi) is 3.11. The SMILES string of the molecule is O=c1c(Br)cccn1Cc1ccc(Br)o1. The predicted octanol–water partition coefficient (Wildman–Crippen LogP) is 3.01. The summed E-state index contributed by atoms with van der Waals surface area (Å²) in [5.74, 6) is 0.738. The van der Waals surface area contributed by atoms with E-state index in [4.69, 9.17) is 4.42 Å². The number of aromatic nitrogens is 1. The van der Waals surface area contributed by atoms with Gasteiger partial charge in [0.1, 0.15) is 5.76 Å². The third-order valence-electron chi connectivity index (χ3n) is 1.93. The first-order chi connectivity index (χ1) is 7.16. The smallest absolute Gasteiger partial charge is 0.265 e. The number of nitrogens with zero attached hydrogens (tertiary/aromatic N) is 1. The Balaban J connectivity index is 2.32. The van der Waals surface area contributed by atoms with Gasteiger partial charge in [-0.3, -0.25) is 4.79 Å². The monoisotopic (exact) mass is 331 g/mol. The molecule has 2 aromatic rings. The Morgan fingerprint density at radius 3 is 2.73 bits per heavy atom. The summed E-state index contributed by atoms with van der Waals surface area (Å²) in [5, 5.41) is 0. The summed E-state index contributed by atoms with van der Waals surface area (Å²) in [7, 11) is 0. The van der Waals surface area contributed by atoms with Crippen molar-refractivity contribution in [2.75, 3.05) is 0 Å². The molecule has 78 valence electrons. The maximum absolute atomic E-state index is 11.6. The summed E-state index contributed by atoms with van der Waals surface area (Å²) >= 11 is 6.41. The fraction of sp³-hybridized carbons (Fsp3) is 0.100. The van der Waals surface area contributed by atoms with E-state index in [1.165, 1.54) is 0 Å². The molecule has 0 radical (unpaired) electrons. The Morgan fingerprint density at radius 1 is 1.27 bits per heavy atom. The number of pyridine rings is 1. The average Bonchev–Trinajstić information content (AvgIpc) is 2.59. The van der Waals surface area contributed by atoms with Crippen LogP contribution in [0.1, 0.15) is 5.76 Å². The van der Waals surface area contributed by atoms with Crippen molar-refractivity contribution in [2.24, 2.45) is 0 Å². The van der Waals surface area contributed by atoms with E-state index in [2.05, 4.69) is 31.9 Å². The highest BCUT2D eigenvalue weighted by molar-refractivity contribution is 9.10. The van der Waals surface area contributed by atoms with Crippen LogP contribution < -0.4 is 5.56 Å². The van der Waals surface area contributed by atoms with Crippen molar-refractivity contribution in [1.29, 1.82) is 0 Å². The number of halogens is 2. The van der Waals surface area contributed by atoms with Gasteiger partial charge in [0.2, 0.25) is 0 Å². The van der Waals surface area contributed by atoms with Crippen molar-refractivity contribution >= 4 is 31.9 Å². The molecule has 3 nitrogen and oxygen atoms in total. The molecule has 0 N–H and O–H groups in total. The Bertz CT molecular complexity index is 530. The molecule has 0 atom stereocenters. The van der Waals surface area contributed by atoms with E-state index < -0.39 is 0 Å². The number of hydrogen-bond acceptors (Lipinski definition) is 2. The van der Waals surface area contributed by atoms with Gasteiger partial charge in [0.25, 0.3) is 5.56 Å². The third kappa shape index (κ3) is 2.41. The largest absolute Gasteiger partial charge is 0.452 e. The first kappa shape index (κ1) is 10.7. The van der Waals surface area contributed by atoms with E-state index in [0.717, 1.165) is 5.76 Å². The highest BCUT2D eigenvalue weighted by Gasteiger charge is 2.03. The zero-order chi connectivity index (χ0) is 10.8. The maximum Gasteiger partial charge on any atom is 0.265 e. The molecular weight excluding hydrogens is 326 g/mol. The lowest BCUT2D eigenvalue weighted by Gasteiger charge is -2.02. The van der Waals surface area contributed by atoms with Crippen LogP contribution >= 0.6 is 31.9 Å². The molecule has 2 heterocycles. The standard InChI is InChI=1S/C10H7Br2NO2/c11-8-2-1-5-13(10(8)14)6-7-3-4-9(12)15-7/h1-5H,6H2. The molecule has 0 aromatic carbocycles. The number of rotatable bonds is 2. The van der Waals surface area contributed by atoms with Crippen molar-refractivity contribution in [3.63, 3.8) is 0 Å². The lowest BCUT2D eigenvalue weighted by atomic mass is 10.4. The first-order valence-corrected chi connectivity index (χ1v) is 5.84. The second-order valence-corrected chi connectivity index (χ2v) is 4.63. The molecule has 2 rings (SSSR count). The van der Waals surface area contributed by atoms with Crippen LogP contribution in [0.4, 0.5) is 0 Å². The average molecular weight is 333 g/mol. The van der Waals surface area contributed by atoms with Crippen molar-refractivity contribution in [3.8, 4) is 0 Å². The molecule has 0 saturated carbocycles. The maximum atomic E-state index is 11.6. The Morgan fingerprint density at radius 2 is 2.07 bits per heavy atom. The molecule has 0 aliphatic heterocycles. The lowest BCUT2D eigenvalue weighted by Crippen LogP contribution is -2.19. The highest BCUT2D eigenvalue weighted by Crippen LogP contribution is 2.14. The van der Waals surface area contributed by atoms with Crippen LogP contribution in [-0.2, 0) is 6.54 Å². The minimum absolute atomic E-state index is 0.0648. The molecule has 0 aliphatic rings. The van der Waals surface area contributed by atoms with Gasteiger partial charge in [-0.2, -0.15) is 0 Å². The Labute approximate surface area is 103 Å². The van der Waals surface area contributed by atoms with E-state index in [9.17, 15) is 4.79 Å². The molecular formula is C10H7Br2NO2. The fourth-order valence-electron chi connectivity index (χ4n) is 1.24. The van der Waals surface area contributed by atoms with Crippen LogP contribution in [0.5, 0.6) is 0 Å². The molecule has 0 fully saturated rings. The van der Waals surface area contributed by atoms with E-state index >= 15 is 0 Å². The quantitative estimate of drug-likeness (QED) is 0.847. The summed E-state index contributed by atoms with van der Waals surface area (Å²) < 4.78 is 8.12. The van der Waals surface area contributed by atoms with Gasteiger partial charge in [-0.05, 0) is 56.1 Å². The van der Waals surface area contributed by atoms with Crippen LogP contribution in [0.3, 0.4) is 0 Å². The van der Waals surface area contributed by atoms with Gasteiger partial charge in [0, 0.05) is 6.20 Å². The number of hydrogen-bond donors (Lipinski definition) is 0. The summed E-state index contributed by atoms with van der Waals surface area (Å²) in [4.78, 5) is 11.6. The predicted molar refractivity (Wildman–Crippen MR) is 63.9 cm³/mol. The fourth-order valence-corrected chi connectivity index (χ4v) is 1.96. The van der Waals surface area contributed by atoms with Crippen molar-refractivity contribution in [1.82, 2.24) is 4.57 Å². The zero-order valence-corrected chi connectivity index (χ0v) is 10.8. The van der Waals surface area contributed by atoms with Gasteiger partial charge in [-0.15, -0.1) is 0 Å². The van der Waals surface area contributed by atoms with Gasteiger partial charge in [0.15, 0.2) is 4.67 Å². The van der Waals surface area contributed by atoms with Gasteiger partial charge in [-0.25, -0.2) is 0 Å². The summed E-state index contributed by atoms with van der Waals surface area (Å²) in [6.45, 7) is 0.434. The molecule has 0 saturated heterocycles. The van der Waals surface area contributed by atoms with Crippen LogP contribution in [-0.4, -0.2) is 4.57 Å². The van der Waals surface area contributed by atoms with Crippen LogP contribution in [0.2, 0.25) is 0 Å². The molecule has 0 amide bonds. The van der Waals surface area contributed by atoms with E-state index in [-0.39, 0.29) is 5.56 Å². The molecule has 0 unspecified atom stereocenters. The molecule has 5 heteroatoms. The van der Waals surface area contributed by atoms with Gasteiger partial charge < -0.3 is 8.98 Å².